The summed E-state index contributed by atoms with van der Waals surface area (Å²) in [5.41, 5.74) is -0.415. The van der Waals surface area contributed by atoms with E-state index in [1.54, 1.807) is 27.7 Å². The minimum Gasteiger partial charge on any atom is -0.595 e. The normalized spacial score (nSPS) is 15.7. The molecule has 0 saturated heterocycles. The Bertz CT molecular complexity index is 236. The summed E-state index contributed by atoms with van der Waals surface area (Å²) in [6.45, 7) is 10.9. The Kier molecular flexibility index (Phi) is 6.18. The lowest BCUT2D eigenvalue weighted by Crippen LogP contribution is -2.33. The summed E-state index contributed by atoms with van der Waals surface area (Å²) < 4.78 is 5.02. The van der Waals surface area contributed by atoms with Crippen molar-refractivity contribution < 1.29 is 14.9 Å². The second-order valence-electron chi connectivity index (χ2n) is 4.79. The summed E-state index contributed by atoms with van der Waals surface area (Å²) in [6.07, 6.45) is -0.643. The molecule has 0 unspecified atom stereocenters. The maximum absolute atomic E-state index is 11.3. The molecule has 0 amide bonds. The minimum atomic E-state index is -0.643. The summed E-state index contributed by atoms with van der Waals surface area (Å²) in [5, 5.41) is 21.2. The van der Waals surface area contributed by atoms with Gasteiger partial charge in [0.25, 0.3) is 0 Å². The summed E-state index contributed by atoms with van der Waals surface area (Å²) in [7, 11) is 0. The first-order chi connectivity index (χ1) is 7.11. The van der Waals surface area contributed by atoms with E-state index in [-0.39, 0.29) is 10.7 Å². The van der Waals surface area contributed by atoms with Crippen LogP contribution in [-0.4, -0.2) is 28.1 Å². The molecule has 0 spiro atoms. The van der Waals surface area contributed by atoms with Gasteiger partial charge in [0.15, 0.2) is 5.44 Å². The zero-order valence-electron chi connectivity index (χ0n) is 10.8. The van der Waals surface area contributed by atoms with Gasteiger partial charge >= 0.3 is 0 Å². The van der Waals surface area contributed by atoms with Gasteiger partial charge in [0.2, 0.25) is 0 Å². The van der Waals surface area contributed by atoms with Crippen LogP contribution in [0.15, 0.2) is 4.99 Å². The SMILES string of the molecule is CC(C)S[C](O)[C@H](C)N=C([O-])OC(C)(C)C. The van der Waals surface area contributed by atoms with Crippen molar-refractivity contribution in [2.24, 2.45) is 4.99 Å². The second-order valence-corrected chi connectivity index (χ2v) is 6.39. The molecule has 1 N–H and O–H groups in total. The third-order valence-corrected chi connectivity index (χ3v) is 2.46. The number of nitrogens with zero attached hydrogens (tertiary/aromatic N) is 1. The van der Waals surface area contributed by atoms with E-state index in [4.69, 9.17) is 4.74 Å². The molecule has 0 aliphatic rings. The van der Waals surface area contributed by atoms with E-state index in [9.17, 15) is 10.2 Å². The summed E-state index contributed by atoms with van der Waals surface area (Å²) in [5.74, 6) is 0. The third kappa shape index (κ3) is 7.82. The van der Waals surface area contributed by atoms with Crippen LogP contribution >= 0.6 is 11.8 Å². The Balaban J connectivity index is 4.29. The van der Waals surface area contributed by atoms with E-state index < -0.39 is 17.7 Å². The molecule has 1 radical (unpaired) electrons. The minimum absolute atomic E-state index is 0.140. The maximum atomic E-state index is 11.3. The van der Waals surface area contributed by atoms with Crippen LogP contribution in [0.25, 0.3) is 0 Å². The number of thioether (sulfide) groups is 1. The first-order valence-electron chi connectivity index (χ1n) is 5.28. The van der Waals surface area contributed by atoms with Gasteiger partial charge in [-0.2, -0.15) is 0 Å². The molecule has 0 bridgehead atoms. The molecule has 0 aliphatic carbocycles. The molecule has 0 heterocycles. The molecular weight excluding hydrogens is 226 g/mol. The van der Waals surface area contributed by atoms with Crippen LogP contribution in [0.5, 0.6) is 0 Å². The highest BCUT2D eigenvalue weighted by Gasteiger charge is 2.17. The highest BCUT2D eigenvalue weighted by Crippen LogP contribution is 2.26. The van der Waals surface area contributed by atoms with Crippen LogP contribution in [-0.2, 0) is 4.74 Å². The molecule has 16 heavy (non-hydrogen) atoms. The van der Waals surface area contributed by atoms with Crippen molar-refractivity contribution in [3.8, 4) is 0 Å². The van der Waals surface area contributed by atoms with Gasteiger partial charge in [-0.1, -0.05) is 34.6 Å². The van der Waals surface area contributed by atoms with Crippen molar-refractivity contribution in [2.45, 2.75) is 58.4 Å². The molecule has 0 aliphatic heterocycles. The lowest BCUT2D eigenvalue weighted by atomic mass is 10.2. The first-order valence-corrected chi connectivity index (χ1v) is 6.16. The van der Waals surface area contributed by atoms with Crippen molar-refractivity contribution >= 4 is 17.8 Å². The van der Waals surface area contributed by atoms with E-state index in [2.05, 4.69) is 4.99 Å². The number of ether oxygens (including phenoxy) is 1. The fourth-order valence-electron chi connectivity index (χ4n) is 0.842. The van der Waals surface area contributed by atoms with E-state index >= 15 is 0 Å². The molecule has 95 valence electrons. The average molecular weight is 247 g/mol. The molecule has 0 fully saturated rings. The van der Waals surface area contributed by atoms with Crippen LogP contribution < -0.4 is 5.11 Å². The Labute approximate surface area is 102 Å². The van der Waals surface area contributed by atoms with Crippen LogP contribution in [0.3, 0.4) is 0 Å². The largest absolute Gasteiger partial charge is 0.595 e. The van der Waals surface area contributed by atoms with Crippen molar-refractivity contribution in [2.75, 3.05) is 0 Å². The van der Waals surface area contributed by atoms with Gasteiger partial charge in [0, 0.05) is 10.9 Å². The quantitative estimate of drug-likeness (QED) is 0.609. The molecule has 1 atom stereocenters. The van der Waals surface area contributed by atoms with Gasteiger partial charge < -0.3 is 14.9 Å². The monoisotopic (exact) mass is 247 g/mol. The van der Waals surface area contributed by atoms with Crippen LogP contribution in [0.4, 0.5) is 0 Å². The topological polar surface area (TPSA) is 64.9 Å². The van der Waals surface area contributed by atoms with E-state index in [1.165, 1.54) is 11.8 Å². The van der Waals surface area contributed by atoms with Crippen molar-refractivity contribution in [1.82, 2.24) is 0 Å². The first kappa shape index (κ1) is 15.6. The molecule has 0 aromatic carbocycles. The van der Waals surface area contributed by atoms with Gasteiger partial charge in [-0.3, -0.25) is 4.99 Å². The summed E-state index contributed by atoms with van der Waals surface area (Å²) >= 11 is 1.29. The molecular formula is C11H21NO3S-. The van der Waals surface area contributed by atoms with E-state index in [0.717, 1.165) is 0 Å². The van der Waals surface area contributed by atoms with E-state index in [0.29, 0.717) is 0 Å². The van der Waals surface area contributed by atoms with Crippen LogP contribution in [0.1, 0.15) is 41.5 Å². The van der Waals surface area contributed by atoms with Gasteiger partial charge in [0.05, 0.1) is 6.04 Å². The van der Waals surface area contributed by atoms with Crippen molar-refractivity contribution in [3.05, 3.63) is 5.44 Å². The van der Waals surface area contributed by atoms with Crippen LogP contribution in [0.2, 0.25) is 0 Å². The molecule has 0 aromatic rings. The zero-order chi connectivity index (χ0) is 12.9. The fraction of sp³-hybridized carbons (Fsp3) is 0.818. The predicted molar refractivity (Wildman–Crippen MR) is 65.6 cm³/mol. The molecule has 0 aromatic heterocycles. The smallest absolute Gasteiger partial charge is 0.173 e. The number of rotatable bonds is 4. The van der Waals surface area contributed by atoms with E-state index in [1.807, 2.05) is 13.8 Å². The Morgan fingerprint density at radius 3 is 2.19 bits per heavy atom. The molecule has 4 nitrogen and oxygen atoms in total. The number of aliphatic imine (C=N–C) groups is 1. The maximum Gasteiger partial charge on any atom is 0.173 e. The Morgan fingerprint density at radius 2 is 1.81 bits per heavy atom. The number of hydrogen-bond donors (Lipinski definition) is 1. The van der Waals surface area contributed by atoms with Gasteiger partial charge in [-0.15, -0.1) is 11.8 Å². The lowest BCUT2D eigenvalue weighted by Gasteiger charge is -2.30. The summed E-state index contributed by atoms with van der Waals surface area (Å²) in [6, 6.07) is -0.540. The number of hydrogen-bond acceptors (Lipinski definition) is 5. The lowest BCUT2D eigenvalue weighted by molar-refractivity contribution is -0.260. The number of aliphatic hydroxyl groups excluding tert-OH is 1. The van der Waals surface area contributed by atoms with Gasteiger partial charge in [-0.25, -0.2) is 0 Å². The van der Waals surface area contributed by atoms with Crippen molar-refractivity contribution in [3.63, 3.8) is 0 Å². The van der Waals surface area contributed by atoms with Gasteiger partial charge in [0.1, 0.15) is 6.08 Å². The highest BCUT2D eigenvalue weighted by atomic mass is 32.2. The number of aliphatic hydroxyl groups is 1. The average Bonchev–Trinajstić information content (AvgIpc) is 1.98. The Morgan fingerprint density at radius 1 is 1.31 bits per heavy atom. The Hall–Kier alpha value is -0.420. The summed E-state index contributed by atoms with van der Waals surface area (Å²) in [4.78, 5) is 3.75. The predicted octanol–water partition coefficient (Wildman–Crippen LogP) is 1.91. The molecule has 0 saturated carbocycles. The van der Waals surface area contributed by atoms with Crippen LogP contribution in [0, 0.1) is 5.44 Å². The second kappa shape index (κ2) is 6.35. The molecule has 0 rings (SSSR count). The van der Waals surface area contributed by atoms with Gasteiger partial charge in [-0.05, 0) is 6.92 Å². The third-order valence-electron chi connectivity index (χ3n) is 1.41. The fourth-order valence-corrected chi connectivity index (χ4v) is 1.57. The molecule has 5 heteroatoms. The zero-order valence-corrected chi connectivity index (χ0v) is 11.6. The van der Waals surface area contributed by atoms with Crippen molar-refractivity contribution in [1.29, 1.82) is 0 Å². The highest BCUT2D eigenvalue weighted by molar-refractivity contribution is 8.02. The standard InChI is InChI=1S/C11H22NO3S/c1-7(2)16-9(13)8(3)12-10(14)15-11(4,5)6/h7-8,13H,1-6H3,(H,12,14)/p-1/t8-/m0/s1.